The van der Waals surface area contributed by atoms with Gasteiger partial charge in [-0.05, 0) is 25.5 Å². The van der Waals surface area contributed by atoms with Crippen molar-refractivity contribution in [2.24, 2.45) is 0 Å². The molecule has 0 aliphatic heterocycles. The largest absolute Gasteiger partial charge is 0.469 e. The van der Waals surface area contributed by atoms with Crippen molar-refractivity contribution in [2.75, 3.05) is 0 Å². The molecule has 0 unspecified atom stereocenters. The van der Waals surface area contributed by atoms with E-state index in [-0.39, 0.29) is 5.91 Å². The maximum absolute atomic E-state index is 11.8. The molecule has 0 fully saturated rings. The summed E-state index contributed by atoms with van der Waals surface area (Å²) in [6.45, 7) is 4.35. The average Bonchev–Trinajstić information content (AvgIpc) is 2.72. The fourth-order valence-electron chi connectivity index (χ4n) is 1.72. The third-order valence-corrected chi connectivity index (χ3v) is 2.64. The number of carbonyl (C=O) groups is 1. The molecule has 0 atom stereocenters. The van der Waals surface area contributed by atoms with Crippen molar-refractivity contribution in [3.8, 4) is 0 Å². The second kappa shape index (κ2) is 4.87. The summed E-state index contributed by atoms with van der Waals surface area (Å²) in [6, 6.07) is 9.75. The molecule has 0 aliphatic rings. The van der Waals surface area contributed by atoms with E-state index < -0.39 is 0 Å². The van der Waals surface area contributed by atoms with Crippen LogP contribution in [0.2, 0.25) is 0 Å². The molecule has 2 aromatic rings. The summed E-state index contributed by atoms with van der Waals surface area (Å²) in [5.74, 6) is 0.546. The molecule has 1 N–H and O–H groups in total. The Kier molecular flexibility index (Phi) is 3.28. The van der Waals surface area contributed by atoms with E-state index in [1.165, 1.54) is 11.8 Å². The zero-order valence-electron chi connectivity index (χ0n) is 9.99. The minimum absolute atomic E-state index is 0.0993. The van der Waals surface area contributed by atoms with Gasteiger partial charge in [0.05, 0.1) is 11.8 Å². The summed E-state index contributed by atoms with van der Waals surface area (Å²) in [4.78, 5) is 11.8. The number of nitrogens with one attached hydrogen (secondary N) is 1. The number of hydrogen-bond donors (Lipinski definition) is 1. The second-order valence-electron chi connectivity index (χ2n) is 4.06. The summed E-state index contributed by atoms with van der Waals surface area (Å²) < 4.78 is 5.10. The first kappa shape index (κ1) is 11.5. The Labute approximate surface area is 100 Å². The zero-order chi connectivity index (χ0) is 12.3. The molecule has 0 spiro atoms. The van der Waals surface area contributed by atoms with Gasteiger partial charge in [0.15, 0.2) is 0 Å². The average molecular weight is 229 g/mol. The van der Waals surface area contributed by atoms with E-state index in [2.05, 4.69) is 11.4 Å². The number of carbonyl (C=O) groups excluding carboxylic acids is 1. The van der Waals surface area contributed by atoms with E-state index in [0.717, 1.165) is 5.56 Å². The Morgan fingerprint density at radius 1 is 1.29 bits per heavy atom. The van der Waals surface area contributed by atoms with Crippen LogP contribution in [-0.2, 0) is 6.54 Å². The fourth-order valence-corrected chi connectivity index (χ4v) is 1.72. The van der Waals surface area contributed by atoms with Crippen LogP contribution in [0.25, 0.3) is 0 Å². The third-order valence-electron chi connectivity index (χ3n) is 2.64. The lowest BCUT2D eigenvalue weighted by molar-refractivity contribution is 0.0949. The van der Waals surface area contributed by atoms with Crippen molar-refractivity contribution in [3.05, 3.63) is 59.0 Å². The van der Waals surface area contributed by atoms with Crippen molar-refractivity contribution in [1.29, 1.82) is 0 Å². The molecule has 1 heterocycles. The van der Waals surface area contributed by atoms with Gasteiger partial charge in [0.1, 0.15) is 5.76 Å². The monoisotopic (exact) mass is 229 g/mol. The first-order valence-electron chi connectivity index (χ1n) is 5.54. The highest BCUT2D eigenvalue weighted by Crippen LogP contribution is 2.09. The molecule has 3 heteroatoms. The number of aryl methyl sites for hydroxylation is 2. The minimum Gasteiger partial charge on any atom is -0.469 e. The third kappa shape index (κ3) is 2.75. The molecule has 0 radical (unpaired) electrons. The lowest BCUT2D eigenvalue weighted by atomic mass is 10.1. The maximum atomic E-state index is 11.8. The molecule has 1 amide bonds. The SMILES string of the molecule is Cc1cccc(CNC(=O)c2ccoc2C)c1. The van der Waals surface area contributed by atoms with Crippen molar-refractivity contribution in [3.63, 3.8) is 0 Å². The van der Waals surface area contributed by atoms with Crippen LogP contribution in [-0.4, -0.2) is 5.91 Å². The first-order chi connectivity index (χ1) is 8.16. The van der Waals surface area contributed by atoms with Crippen molar-refractivity contribution in [1.82, 2.24) is 5.32 Å². The summed E-state index contributed by atoms with van der Waals surface area (Å²) in [5, 5.41) is 2.87. The number of benzene rings is 1. The van der Waals surface area contributed by atoms with Gasteiger partial charge in [-0.1, -0.05) is 29.8 Å². The quantitative estimate of drug-likeness (QED) is 0.879. The van der Waals surface area contributed by atoms with Gasteiger partial charge in [0, 0.05) is 6.54 Å². The standard InChI is InChI=1S/C14H15NO2/c1-10-4-3-5-12(8-10)9-15-14(16)13-6-7-17-11(13)2/h3-8H,9H2,1-2H3,(H,15,16). The number of furan rings is 1. The van der Waals surface area contributed by atoms with Crippen LogP contribution in [0, 0.1) is 13.8 Å². The molecule has 17 heavy (non-hydrogen) atoms. The molecular formula is C14H15NO2. The van der Waals surface area contributed by atoms with E-state index in [1.54, 1.807) is 13.0 Å². The first-order valence-corrected chi connectivity index (χ1v) is 5.54. The van der Waals surface area contributed by atoms with Crippen LogP contribution in [0.1, 0.15) is 27.2 Å². The van der Waals surface area contributed by atoms with Crippen molar-refractivity contribution in [2.45, 2.75) is 20.4 Å². The smallest absolute Gasteiger partial charge is 0.255 e. The number of rotatable bonds is 3. The molecule has 2 rings (SSSR count). The Hall–Kier alpha value is -2.03. The summed E-state index contributed by atoms with van der Waals surface area (Å²) in [5.41, 5.74) is 2.88. The van der Waals surface area contributed by atoms with Crippen LogP contribution < -0.4 is 5.32 Å². The van der Waals surface area contributed by atoms with E-state index in [1.807, 2.05) is 25.1 Å². The Morgan fingerprint density at radius 3 is 2.76 bits per heavy atom. The predicted molar refractivity (Wildman–Crippen MR) is 65.8 cm³/mol. The van der Waals surface area contributed by atoms with E-state index in [0.29, 0.717) is 17.9 Å². The molecular weight excluding hydrogens is 214 g/mol. The van der Waals surface area contributed by atoms with Gasteiger partial charge in [-0.15, -0.1) is 0 Å². The van der Waals surface area contributed by atoms with E-state index in [4.69, 9.17) is 4.42 Å². The van der Waals surface area contributed by atoms with Gasteiger partial charge in [0.2, 0.25) is 0 Å². The van der Waals surface area contributed by atoms with E-state index in [9.17, 15) is 4.79 Å². The highest BCUT2D eigenvalue weighted by atomic mass is 16.3. The predicted octanol–water partition coefficient (Wildman–Crippen LogP) is 2.83. The molecule has 88 valence electrons. The topological polar surface area (TPSA) is 42.2 Å². The van der Waals surface area contributed by atoms with Crippen LogP contribution in [0.4, 0.5) is 0 Å². The van der Waals surface area contributed by atoms with Crippen LogP contribution >= 0.6 is 0 Å². The molecule has 1 aromatic heterocycles. The minimum atomic E-state index is -0.0993. The molecule has 3 nitrogen and oxygen atoms in total. The Morgan fingerprint density at radius 2 is 2.12 bits per heavy atom. The molecule has 0 bridgehead atoms. The fraction of sp³-hybridized carbons (Fsp3) is 0.214. The summed E-state index contributed by atoms with van der Waals surface area (Å²) in [7, 11) is 0. The van der Waals surface area contributed by atoms with Gasteiger partial charge >= 0.3 is 0 Å². The highest BCUT2D eigenvalue weighted by molar-refractivity contribution is 5.94. The zero-order valence-corrected chi connectivity index (χ0v) is 9.99. The van der Waals surface area contributed by atoms with Crippen molar-refractivity contribution < 1.29 is 9.21 Å². The van der Waals surface area contributed by atoms with E-state index >= 15 is 0 Å². The Bertz CT molecular complexity index is 529. The van der Waals surface area contributed by atoms with Crippen LogP contribution in [0.3, 0.4) is 0 Å². The van der Waals surface area contributed by atoms with Gasteiger partial charge < -0.3 is 9.73 Å². The van der Waals surface area contributed by atoms with Gasteiger partial charge in [-0.2, -0.15) is 0 Å². The van der Waals surface area contributed by atoms with Gasteiger partial charge in [-0.3, -0.25) is 4.79 Å². The van der Waals surface area contributed by atoms with Crippen molar-refractivity contribution >= 4 is 5.91 Å². The summed E-state index contributed by atoms with van der Waals surface area (Å²) >= 11 is 0. The molecule has 0 saturated carbocycles. The molecule has 0 saturated heterocycles. The maximum Gasteiger partial charge on any atom is 0.255 e. The van der Waals surface area contributed by atoms with Gasteiger partial charge in [-0.25, -0.2) is 0 Å². The van der Waals surface area contributed by atoms with Gasteiger partial charge in [0.25, 0.3) is 5.91 Å². The van der Waals surface area contributed by atoms with Crippen LogP contribution in [0.5, 0.6) is 0 Å². The normalized spacial score (nSPS) is 10.2. The number of hydrogen-bond acceptors (Lipinski definition) is 2. The molecule has 0 aliphatic carbocycles. The van der Waals surface area contributed by atoms with Crippen LogP contribution in [0.15, 0.2) is 41.0 Å². The summed E-state index contributed by atoms with van der Waals surface area (Å²) in [6.07, 6.45) is 1.52. The molecule has 1 aromatic carbocycles. The lowest BCUT2D eigenvalue weighted by Crippen LogP contribution is -2.22. The number of amides is 1. The Balaban J connectivity index is 1.99. The second-order valence-corrected chi connectivity index (χ2v) is 4.06. The highest BCUT2D eigenvalue weighted by Gasteiger charge is 2.10. The lowest BCUT2D eigenvalue weighted by Gasteiger charge is -2.05.